The molecule has 1 aliphatic rings. The first-order chi connectivity index (χ1) is 12.5. The molecule has 2 atom stereocenters. The van der Waals surface area contributed by atoms with E-state index < -0.39 is 0 Å². The Kier molecular flexibility index (Phi) is 5.52. The highest BCUT2D eigenvalue weighted by molar-refractivity contribution is 7.14. The van der Waals surface area contributed by atoms with E-state index in [0.29, 0.717) is 17.3 Å². The largest absolute Gasteiger partial charge is 0.494 e. The zero-order valence-electron chi connectivity index (χ0n) is 15.4. The summed E-state index contributed by atoms with van der Waals surface area (Å²) in [4.78, 5) is 21.2. The molecule has 6 heteroatoms. The molecule has 0 saturated heterocycles. The van der Waals surface area contributed by atoms with Gasteiger partial charge in [-0.2, -0.15) is 0 Å². The van der Waals surface area contributed by atoms with Crippen LogP contribution in [0.5, 0.6) is 0 Å². The van der Waals surface area contributed by atoms with E-state index in [0.717, 1.165) is 17.1 Å². The number of nitrogens with zero attached hydrogens (tertiary/aromatic N) is 2. The predicted octanol–water partition coefficient (Wildman–Crippen LogP) is 4.70. The molecule has 1 N–H and O–H groups in total. The molecule has 1 aliphatic carbocycles. The molecule has 3 rings (SSSR count). The van der Waals surface area contributed by atoms with Gasteiger partial charge in [0.15, 0.2) is 5.13 Å². The molecule has 0 saturated carbocycles. The van der Waals surface area contributed by atoms with Gasteiger partial charge in [-0.25, -0.2) is 4.98 Å². The quantitative estimate of drug-likeness (QED) is 0.830. The summed E-state index contributed by atoms with van der Waals surface area (Å²) in [7, 11) is 0. The summed E-state index contributed by atoms with van der Waals surface area (Å²) in [6.45, 7) is 8.78. The number of thiazole rings is 1. The zero-order valence-corrected chi connectivity index (χ0v) is 16.3. The molecule has 2 aromatic rings. The first kappa shape index (κ1) is 18.3. The SMILES string of the molecule is CCOC1=CC(C)C(c2csc(NC(=O)c3ccnc(C)c3)n2)C(C)=C1. The Morgan fingerprint density at radius 1 is 1.38 bits per heavy atom. The Labute approximate surface area is 157 Å². The number of allylic oxidation sites excluding steroid dienone is 3. The van der Waals surface area contributed by atoms with Crippen LogP contribution in [0.15, 0.2) is 47.2 Å². The average Bonchev–Trinajstić information content (AvgIpc) is 3.02. The molecular formula is C20H23N3O2S. The van der Waals surface area contributed by atoms with Crippen LogP contribution in [-0.2, 0) is 4.74 Å². The number of aryl methyl sites for hydroxylation is 1. The van der Waals surface area contributed by atoms with Crippen molar-refractivity contribution in [1.29, 1.82) is 0 Å². The first-order valence-electron chi connectivity index (χ1n) is 8.70. The molecule has 2 unspecified atom stereocenters. The molecule has 26 heavy (non-hydrogen) atoms. The normalized spacial score (nSPS) is 19.5. The molecule has 0 aromatic carbocycles. The summed E-state index contributed by atoms with van der Waals surface area (Å²) < 4.78 is 5.63. The number of hydrogen-bond donors (Lipinski definition) is 1. The van der Waals surface area contributed by atoms with Crippen molar-refractivity contribution in [2.75, 3.05) is 11.9 Å². The number of amides is 1. The second-order valence-electron chi connectivity index (χ2n) is 6.44. The van der Waals surface area contributed by atoms with Crippen LogP contribution in [-0.4, -0.2) is 22.5 Å². The van der Waals surface area contributed by atoms with Crippen molar-refractivity contribution in [1.82, 2.24) is 9.97 Å². The van der Waals surface area contributed by atoms with E-state index in [2.05, 4.69) is 41.3 Å². The Hall–Kier alpha value is -2.47. The van der Waals surface area contributed by atoms with Gasteiger partial charge in [0.05, 0.1) is 12.3 Å². The summed E-state index contributed by atoms with van der Waals surface area (Å²) in [5, 5.41) is 5.51. The second-order valence-corrected chi connectivity index (χ2v) is 7.30. The minimum atomic E-state index is -0.168. The van der Waals surface area contributed by atoms with Crippen molar-refractivity contribution in [3.63, 3.8) is 0 Å². The van der Waals surface area contributed by atoms with Crippen LogP contribution in [0.25, 0.3) is 0 Å². The van der Waals surface area contributed by atoms with Crippen LogP contribution in [0.4, 0.5) is 5.13 Å². The summed E-state index contributed by atoms with van der Waals surface area (Å²) in [6, 6.07) is 3.47. The lowest BCUT2D eigenvalue weighted by Gasteiger charge is -2.26. The van der Waals surface area contributed by atoms with E-state index in [-0.39, 0.29) is 17.7 Å². The number of ether oxygens (including phenoxy) is 1. The molecule has 2 heterocycles. The average molecular weight is 369 g/mol. The van der Waals surface area contributed by atoms with E-state index in [1.54, 1.807) is 18.3 Å². The van der Waals surface area contributed by atoms with Gasteiger partial charge < -0.3 is 4.74 Å². The third-order valence-corrected chi connectivity index (χ3v) is 5.12. The highest BCUT2D eigenvalue weighted by Crippen LogP contribution is 2.38. The number of carbonyl (C=O) groups excluding carboxylic acids is 1. The highest BCUT2D eigenvalue weighted by Gasteiger charge is 2.26. The van der Waals surface area contributed by atoms with Crippen molar-refractivity contribution < 1.29 is 9.53 Å². The number of anilines is 1. The monoisotopic (exact) mass is 369 g/mol. The molecule has 5 nitrogen and oxygen atoms in total. The van der Waals surface area contributed by atoms with Crippen LogP contribution < -0.4 is 5.32 Å². The molecule has 136 valence electrons. The summed E-state index contributed by atoms with van der Waals surface area (Å²) >= 11 is 1.45. The first-order valence-corrected chi connectivity index (χ1v) is 9.58. The third-order valence-electron chi connectivity index (χ3n) is 4.34. The van der Waals surface area contributed by atoms with Crippen molar-refractivity contribution >= 4 is 22.4 Å². The molecular weight excluding hydrogens is 346 g/mol. The fourth-order valence-corrected chi connectivity index (χ4v) is 3.98. The van der Waals surface area contributed by atoms with E-state index in [9.17, 15) is 4.79 Å². The molecule has 0 radical (unpaired) electrons. The fraction of sp³-hybridized carbons (Fsp3) is 0.350. The number of pyridine rings is 1. The van der Waals surface area contributed by atoms with Crippen LogP contribution >= 0.6 is 11.3 Å². The highest BCUT2D eigenvalue weighted by atomic mass is 32.1. The lowest BCUT2D eigenvalue weighted by molar-refractivity contribution is 0.102. The van der Waals surface area contributed by atoms with Crippen molar-refractivity contribution in [3.05, 3.63) is 64.1 Å². The van der Waals surface area contributed by atoms with E-state index in [1.807, 2.05) is 19.2 Å². The predicted molar refractivity (Wildman–Crippen MR) is 104 cm³/mol. The van der Waals surface area contributed by atoms with Gasteiger partial charge in [0.2, 0.25) is 0 Å². The van der Waals surface area contributed by atoms with Crippen molar-refractivity contribution in [2.45, 2.75) is 33.6 Å². The van der Waals surface area contributed by atoms with Gasteiger partial charge in [-0.3, -0.25) is 15.1 Å². The summed E-state index contributed by atoms with van der Waals surface area (Å²) in [5.74, 6) is 1.24. The Morgan fingerprint density at radius 2 is 2.19 bits per heavy atom. The van der Waals surface area contributed by atoms with E-state index in [4.69, 9.17) is 4.74 Å². The number of nitrogens with one attached hydrogen (secondary N) is 1. The summed E-state index contributed by atoms with van der Waals surface area (Å²) in [6.07, 6.45) is 5.85. The number of aromatic nitrogens is 2. The van der Waals surface area contributed by atoms with Crippen LogP contribution in [0, 0.1) is 12.8 Å². The van der Waals surface area contributed by atoms with Gasteiger partial charge in [0, 0.05) is 28.8 Å². The second kappa shape index (κ2) is 7.83. The maximum atomic E-state index is 12.4. The number of carbonyl (C=O) groups is 1. The third kappa shape index (κ3) is 4.02. The lowest BCUT2D eigenvalue weighted by atomic mass is 9.81. The molecule has 0 fully saturated rings. The van der Waals surface area contributed by atoms with Gasteiger partial charge >= 0.3 is 0 Å². The van der Waals surface area contributed by atoms with Crippen LogP contribution in [0.3, 0.4) is 0 Å². The summed E-state index contributed by atoms with van der Waals surface area (Å²) in [5.41, 5.74) is 3.59. The minimum Gasteiger partial charge on any atom is -0.494 e. The maximum Gasteiger partial charge on any atom is 0.257 e. The van der Waals surface area contributed by atoms with Gasteiger partial charge in [0.25, 0.3) is 5.91 Å². The Morgan fingerprint density at radius 3 is 2.88 bits per heavy atom. The van der Waals surface area contributed by atoms with Gasteiger partial charge in [-0.15, -0.1) is 11.3 Å². The molecule has 1 amide bonds. The smallest absolute Gasteiger partial charge is 0.257 e. The van der Waals surface area contributed by atoms with E-state index >= 15 is 0 Å². The Bertz CT molecular complexity index is 869. The van der Waals surface area contributed by atoms with E-state index in [1.165, 1.54) is 16.9 Å². The van der Waals surface area contributed by atoms with Crippen LogP contribution in [0.2, 0.25) is 0 Å². The zero-order chi connectivity index (χ0) is 18.7. The molecule has 0 bridgehead atoms. The van der Waals surface area contributed by atoms with Crippen molar-refractivity contribution in [3.8, 4) is 0 Å². The van der Waals surface area contributed by atoms with Gasteiger partial charge in [-0.05, 0) is 51.0 Å². The molecule has 0 spiro atoms. The van der Waals surface area contributed by atoms with Crippen LogP contribution in [0.1, 0.15) is 48.4 Å². The Balaban J connectivity index is 1.74. The number of rotatable bonds is 5. The lowest BCUT2D eigenvalue weighted by Crippen LogP contribution is -2.16. The molecule has 0 aliphatic heterocycles. The molecule has 2 aromatic heterocycles. The van der Waals surface area contributed by atoms with Gasteiger partial charge in [-0.1, -0.05) is 12.5 Å². The minimum absolute atomic E-state index is 0.168. The fourth-order valence-electron chi connectivity index (χ4n) is 3.23. The van der Waals surface area contributed by atoms with Gasteiger partial charge in [0.1, 0.15) is 5.76 Å². The van der Waals surface area contributed by atoms with Crippen molar-refractivity contribution in [2.24, 2.45) is 5.92 Å². The standard InChI is InChI=1S/C20H23N3O2S/c1-5-25-16-8-12(2)18(13(3)9-16)17-11-26-20(22-17)23-19(24)15-6-7-21-14(4)10-15/h6-12,18H,5H2,1-4H3,(H,22,23,24). The maximum absolute atomic E-state index is 12.4. The topological polar surface area (TPSA) is 64.1 Å². The number of hydrogen-bond acceptors (Lipinski definition) is 5.